The van der Waals surface area contributed by atoms with E-state index in [1.54, 1.807) is 7.05 Å². The van der Waals surface area contributed by atoms with Gasteiger partial charge >= 0.3 is 0 Å². The molecule has 0 bridgehead atoms. The first-order valence-corrected chi connectivity index (χ1v) is 10.7. The van der Waals surface area contributed by atoms with Crippen molar-refractivity contribution in [2.45, 2.75) is 26.3 Å². The molecule has 4 rings (SSSR count). The third-order valence-corrected chi connectivity index (χ3v) is 5.92. The highest BCUT2D eigenvalue weighted by molar-refractivity contribution is 5.95. The van der Waals surface area contributed by atoms with Gasteiger partial charge in [0.05, 0.1) is 6.20 Å². The Morgan fingerprint density at radius 1 is 1.29 bits per heavy atom. The Labute approximate surface area is 183 Å². The Kier molecular flexibility index (Phi) is 6.16. The van der Waals surface area contributed by atoms with E-state index in [1.807, 2.05) is 54.7 Å². The molecule has 0 saturated carbocycles. The van der Waals surface area contributed by atoms with Gasteiger partial charge < -0.3 is 10.2 Å². The summed E-state index contributed by atoms with van der Waals surface area (Å²) in [5.74, 6) is 0.533. The lowest BCUT2D eigenvalue weighted by atomic mass is 10.0. The minimum absolute atomic E-state index is 0.127. The number of rotatable bonds is 6. The molecule has 2 aromatic carbocycles. The average molecular weight is 416 g/mol. The van der Waals surface area contributed by atoms with Crippen molar-refractivity contribution in [1.82, 2.24) is 15.1 Å². The molecule has 1 fully saturated rings. The predicted molar refractivity (Wildman–Crippen MR) is 126 cm³/mol. The largest absolute Gasteiger partial charge is 0.384 e. The first-order valence-electron chi connectivity index (χ1n) is 10.7. The number of anilines is 1. The molecule has 1 aliphatic rings. The van der Waals surface area contributed by atoms with Crippen LogP contribution in [-0.4, -0.2) is 53.4 Å². The molecule has 2 heterocycles. The summed E-state index contributed by atoms with van der Waals surface area (Å²) in [5, 5.41) is 10.5. The Morgan fingerprint density at radius 2 is 2.16 bits per heavy atom. The van der Waals surface area contributed by atoms with Gasteiger partial charge in [-0.1, -0.05) is 23.8 Å². The smallest absolute Gasteiger partial charge is 0.254 e. The number of amides is 1. The van der Waals surface area contributed by atoms with Crippen LogP contribution in [0, 0.1) is 12.8 Å². The van der Waals surface area contributed by atoms with Crippen LogP contribution in [0.2, 0.25) is 0 Å². The molecule has 3 aromatic rings. The summed E-state index contributed by atoms with van der Waals surface area (Å²) in [6.07, 6.45) is 6.57. The van der Waals surface area contributed by atoms with Gasteiger partial charge in [-0.3, -0.25) is 14.9 Å². The van der Waals surface area contributed by atoms with Crippen molar-refractivity contribution in [1.29, 1.82) is 0 Å². The van der Waals surface area contributed by atoms with Crippen LogP contribution in [0.15, 0.2) is 59.9 Å². The van der Waals surface area contributed by atoms with E-state index in [9.17, 15) is 4.79 Å². The zero-order chi connectivity index (χ0) is 21.8. The maximum absolute atomic E-state index is 13.0. The predicted octanol–water partition coefficient (Wildman–Crippen LogP) is 4.40. The van der Waals surface area contributed by atoms with Crippen LogP contribution in [-0.2, 0) is 0 Å². The number of likely N-dealkylation sites (tertiary alicyclic amines) is 1. The van der Waals surface area contributed by atoms with Crippen LogP contribution in [0.5, 0.6) is 0 Å². The molecule has 2 atom stereocenters. The maximum Gasteiger partial charge on any atom is 0.254 e. The second kappa shape index (κ2) is 9.16. The molecule has 1 saturated heterocycles. The summed E-state index contributed by atoms with van der Waals surface area (Å²) < 4.78 is 0. The van der Waals surface area contributed by atoms with Gasteiger partial charge in [0.1, 0.15) is 0 Å². The lowest BCUT2D eigenvalue weighted by Gasteiger charge is -2.22. The highest BCUT2D eigenvalue weighted by Gasteiger charge is 2.32. The quantitative estimate of drug-likeness (QED) is 0.586. The van der Waals surface area contributed by atoms with Gasteiger partial charge in [-0.25, -0.2) is 0 Å². The number of nitrogens with zero attached hydrogens (tertiary/aromatic N) is 3. The summed E-state index contributed by atoms with van der Waals surface area (Å²) in [4.78, 5) is 19.2. The van der Waals surface area contributed by atoms with Gasteiger partial charge in [0, 0.05) is 61.0 Å². The van der Waals surface area contributed by atoms with Crippen molar-refractivity contribution in [3.63, 3.8) is 0 Å². The number of hydrogen-bond donors (Lipinski definition) is 2. The molecule has 1 amide bonds. The molecule has 6 heteroatoms. The van der Waals surface area contributed by atoms with E-state index >= 15 is 0 Å². The summed E-state index contributed by atoms with van der Waals surface area (Å²) >= 11 is 0. The van der Waals surface area contributed by atoms with Gasteiger partial charge in [0.25, 0.3) is 5.91 Å². The normalized spacial score (nSPS) is 18.6. The highest BCUT2D eigenvalue weighted by Crippen LogP contribution is 2.28. The molecular weight excluding hydrogens is 386 g/mol. The Bertz CT molecular complexity index is 1070. The number of aromatic nitrogens is 2. The number of benzene rings is 2. The zero-order valence-corrected chi connectivity index (χ0v) is 18.3. The Morgan fingerprint density at radius 3 is 2.90 bits per heavy atom. The fourth-order valence-electron chi connectivity index (χ4n) is 4.33. The van der Waals surface area contributed by atoms with E-state index < -0.39 is 0 Å². The molecular formula is C25H29N5O. The van der Waals surface area contributed by atoms with Crippen LogP contribution in [0.3, 0.4) is 0 Å². The zero-order valence-electron chi connectivity index (χ0n) is 18.3. The van der Waals surface area contributed by atoms with E-state index in [4.69, 9.17) is 0 Å². The number of aliphatic imine (C=N–C) groups is 1. The number of carbonyl (C=O) groups excluding carboxylic acids is 1. The number of carbonyl (C=O) groups is 1. The average Bonchev–Trinajstić information content (AvgIpc) is 3.42. The molecule has 1 aromatic heterocycles. The van der Waals surface area contributed by atoms with Crippen molar-refractivity contribution in [3.8, 4) is 11.1 Å². The van der Waals surface area contributed by atoms with E-state index in [0.717, 1.165) is 53.0 Å². The van der Waals surface area contributed by atoms with Crippen LogP contribution < -0.4 is 5.32 Å². The highest BCUT2D eigenvalue weighted by atomic mass is 16.2. The number of aryl methyl sites for hydroxylation is 1. The number of aromatic amines is 1. The second-order valence-corrected chi connectivity index (χ2v) is 8.33. The maximum atomic E-state index is 13.0. The summed E-state index contributed by atoms with van der Waals surface area (Å²) in [6.45, 7) is 5.75. The van der Waals surface area contributed by atoms with Crippen molar-refractivity contribution in [2.75, 3.05) is 25.5 Å². The van der Waals surface area contributed by atoms with E-state index in [2.05, 4.69) is 45.6 Å². The number of hydrogen-bond acceptors (Lipinski definition) is 4. The molecule has 0 spiro atoms. The second-order valence-electron chi connectivity index (χ2n) is 8.33. The molecule has 2 N–H and O–H groups in total. The van der Waals surface area contributed by atoms with Crippen LogP contribution in [0.1, 0.15) is 34.8 Å². The van der Waals surface area contributed by atoms with Gasteiger partial charge in [0.15, 0.2) is 0 Å². The fourth-order valence-corrected chi connectivity index (χ4v) is 4.33. The Hall–Kier alpha value is -3.41. The monoisotopic (exact) mass is 415 g/mol. The molecule has 0 unspecified atom stereocenters. The SMILES string of the molecule is C/N=C\c1cc(-c2cn[nH]c2)ccc1NC[C@@H]1C[C@H](C)N(C(=O)c2cccc(C)c2)C1. The molecule has 31 heavy (non-hydrogen) atoms. The topological polar surface area (TPSA) is 73.4 Å². The molecule has 0 aliphatic carbocycles. The Balaban J connectivity index is 1.43. The lowest BCUT2D eigenvalue weighted by molar-refractivity contribution is 0.0743. The number of nitrogens with one attached hydrogen (secondary N) is 2. The van der Waals surface area contributed by atoms with Crippen molar-refractivity contribution < 1.29 is 4.79 Å². The minimum atomic E-state index is 0.127. The first-order chi connectivity index (χ1) is 15.0. The summed E-state index contributed by atoms with van der Waals surface area (Å²) in [6, 6.07) is 14.4. The van der Waals surface area contributed by atoms with Crippen molar-refractivity contribution in [3.05, 3.63) is 71.5 Å². The molecule has 1 aliphatic heterocycles. The van der Waals surface area contributed by atoms with Gasteiger partial charge in [-0.15, -0.1) is 0 Å². The molecule has 160 valence electrons. The number of H-pyrrole nitrogens is 1. The van der Waals surface area contributed by atoms with Gasteiger partial charge in [-0.05, 0) is 56.0 Å². The van der Waals surface area contributed by atoms with Crippen LogP contribution >= 0.6 is 0 Å². The van der Waals surface area contributed by atoms with Crippen molar-refractivity contribution in [2.24, 2.45) is 10.9 Å². The molecule has 6 nitrogen and oxygen atoms in total. The van der Waals surface area contributed by atoms with Crippen LogP contribution in [0.25, 0.3) is 11.1 Å². The van der Waals surface area contributed by atoms with Gasteiger partial charge in [0.2, 0.25) is 0 Å². The third kappa shape index (κ3) is 4.68. The standard InChI is InChI=1S/C25H29N5O/c1-17-5-4-6-21(9-17)25(31)30-16-19(10-18(30)2)12-27-24-8-7-20(11-22(24)13-26-3)23-14-28-29-15-23/h4-9,11,13-15,18-19,27H,10,12,16H2,1-3H3,(H,28,29)/b26-13-/t18-,19-/m0/s1. The lowest BCUT2D eigenvalue weighted by Crippen LogP contribution is -2.34. The molecule has 0 radical (unpaired) electrons. The van der Waals surface area contributed by atoms with E-state index in [0.29, 0.717) is 5.92 Å². The van der Waals surface area contributed by atoms with E-state index in [-0.39, 0.29) is 11.9 Å². The van der Waals surface area contributed by atoms with Crippen LogP contribution in [0.4, 0.5) is 5.69 Å². The first kappa shape index (κ1) is 20.8. The van der Waals surface area contributed by atoms with Gasteiger partial charge in [-0.2, -0.15) is 5.10 Å². The van der Waals surface area contributed by atoms with Crippen molar-refractivity contribution >= 4 is 17.8 Å². The third-order valence-electron chi connectivity index (χ3n) is 5.92. The fraction of sp³-hybridized carbons (Fsp3) is 0.320. The summed E-state index contributed by atoms with van der Waals surface area (Å²) in [7, 11) is 1.78. The van der Waals surface area contributed by atoms with E-state index in [1.165, 1.54) is 0 Å². The summed E-state index contributed by atoms with van der Waals surface area (Å²) in [5.41, 5.74) is 6.12. The minimum Gasteiger partial charge on any atom is -0.384 e.